The number of carbonyl (C=O) groups excluding carboxylic acids is 2. The fourth-order valence-electron chi connectivity index (χ4n) is 2.59. The molecule has 16 nitrogen and oxygen atoms in total. The summed E-state index contributed by atoms with van der Waals surface area (Å²) < 4.78 is 46.6. The maximum Gasteiger partial charge on any atom is 0.488 e. The molecule has 0 radical (unpaired) electrons. The highest BCUT2D eigenvalue weighted by molar-refractivity contribution is 7.68. The summed E-state index contributed by atoms with van der Waals surface area (Å²) in [5.41, 5.74) is 0. The van der Waals surface area contributed by atoms with Crippen LogP contribution in [0.4, 0.5) is 4.79 Å². The summed E-state index contributed by atoms with van der Waals surface area (Å²) in [7, 11) is -14.8. The molecule has 6 unspecified atom stereocenters. The van der Waals surface area contributed by atoms with Crippen molar-refractivity contribution in [1.82, 2.24) is 10.2 Å². The number of allylic oxidation sites excluding steroid dienone is 1. The Morgan fingerprint density at radius 2 is 1.77 bits per heavy atom. The number of aliphatic hydroxyl groups is 2. The largest absolute Gasteiger partial charge is 0.488 e. The van der Waals surface area contributed by atoms with Crippen LogP contribution in [0.5, 0.6) is 0 Å². The van der Waals surface area contributed by atoms with Gasteiger partial charge >= 0.3 is 29.3 Å². The van der Waals surface area contributed by atoms with E-state index in [0.717, 1.165) is 17.2 Å². The van der Waals surface area contributed by atoms with E-state index >= 15 is 0 Å². The molecular formula is C12H23N2O14P3. The van der Waals surface area contributed by atoms with E-state index in [1.54, 1.807) is 0 Å². The van der Waals surface area contributed by atoms with E-state index < -0.39 is 66.2 Å². The quantitative estimate of drug-likeness (QED) is 0.101. The third-order valence-electron chi connectivity index (χ3n) is 3.87. The normalized spacial score (nSPS) is 28.5. The molecule has 7 N–H and O–H groups in total. The fourth-order valence-corrected chi connectivity index (χ4v) is 6.25. The van der Waals surface area contributed by atoms with Gasteiger partial charge in [-0.3, -0.25) is 14.3 Å². The third kappa shape index (κ3) is 9.18. The first-order valence-corrected chi connectivity index (χ1v) is 13.1. The van der Waals surface area contributed by atoms with Crippen molar-refractivity contribution >= 4 is 35.6 Å². The van der Waals surface area contributed by atoms with Crippen molar-refractivity contribution in [2.24, 2.45) is 0 Å². The highest BCUT2D eigenvalue weighted by Crippen LogP contribution is 2.66. The minimum atomic E-state index is -5.60. The number of ether oxygens (including phenoxy) is 1. The summed E-state index contributed by atoms with van der Waals surface area (Å²) in [6, 6.07) is -1.86. The number of hydrogen-bond acceptors (Lipinski definition) is 10. The first kappa shape index (κ1) is 28.0. The Bertz CT molecular complexity index is 814. The molecule has 1 heterocycles. The van der Waals surface area contributed by atoms with Gasteiger partial charge in [-0.15, -0.1) is 0 Å². The Morgan fingerprint density at radius 3 is 2.29 bits per heavy atom. The van der Waals surface area contributed by atoms with Crippen LogP contribution in [0.15, 0.2) is 12.3 Å². The molecule has 0 bridgehead atoms. The van der Waals surface area contributed by atoms with E-state index in [9.17, 15) is 38.4 Å². The average molecular weight is 512 g/mol. The van der Waals surface area contributed by atoms with Crippen LogP contribution in [-0.2, 0) is 31.8 Å². The molecule has 1 rings (SSSR count). The molecule has 0 aliphatic carbocycles. The van der Waals surface area contributed by atoms with Gasteiger partial charge in [0.2, 0.25) is 0 Å². The van der Waals surface area contributed by atoms with Crippen LogP contribution < -0.4 is 5.32 Å². The lowest BCUT2D eigenvalue weighted by atomic mass is 9.95. The number of nitrogens with one attached hydrogen (secondary N) is 1. The van der Waals surface area contributed by atoms with E-state index in [-0.39, 0.29) is 6.61 Å². The summed E-state index contributed by atoms with van der Waals surface area (Å²) in [6.45, 7) is -0.365. The number of nitrogens with zero attached hydrogens (tertiary/aromatic N) is 1. The minimum Gasteiger partial charge on any atom is -0.388 e. The molecular weight excluding hydrogens is 489 g/mol. The Kier molecular flexibility index (Phi) is 10.2. The molecule has 6 atom stereocenters. The molecule has 0 aromatic heterocycles. The number of aliphatic hydroxyl groups excluding tert-OH is 2. The second-order valence-corrected chi connectivity index (χ2v) is 11.1. The molecule has 2 amide bonds. The summed E-state index contributed by atoms with van der Waals surface area (Å²) in [5, 5.41) is 22.9. The van der Waals surface area contributed by atoms with Gasteiger partial charge in [0.1, 0.15) is 18.5 Å². The van der Waals surface area contributed by atoms with Crippen LogP contribution in [0.1, 0.15) is 6.42 Å². The van der Waals surface area contributed by atoms with Gasteiger partial charge < -0.3 is 39.8 Å². The van der Waals surface area contributed by atoms with E-state index in [2.05, 4.69) is 13.9 Å². The number of urea groups is 1. The van der Waals surface area contributed by atoms with Crippen molar-refractivity contribution < 1.29 is 66.4 Å². The van der Waals surface area contributed by atoms with E-state index in [4.69, 9.17) is 19.4 Å². The number of amides is 2. The number of hydrogen-bond donors (Lipinski definition) is 7. The first-order valence-electron chi connectivity index (χ1n) is 8.35. The zero-order valence-electron chi connectivity index (χ0n) is 15.9. The zero-order valence-corrected chi connectivity index (χ0v) is 18.6. The van der Waals surface area contributed by atoms with Gasteiger partial charge in [-0.25, -0.2) is 18.2 Å². The molecule has 31 heavy (non-hydrogen) atoms. The van der Waals surface area contributed by atoms with Gasteiger partial charge in [-0.1, -0.05) is 0 Å². The summed E-state index contributed by atoms with van der Waals surface area (Å²) >= 11 is 0. The molecule has 1 saturated heterocycles. The number of phosphoric acid groups is 2. The Balaban J connectivity index is 2.79. The lowest BCUT2D eigenvalue weighted by Gasteiger charge is -2.41. The Labute approximate surface area is 175 Å². The highest BCUT2D eigenvalue weighted by atomic mass is 31.3. The monoisotopic (exact) mass is 512 g/mol. The van der Waals surface area contributed by atoms with Crippen LogP contribution >= 0.6 is 23.2 Å². The van der Waals surface area contributed by atoms with Crippen molar-refractivity contribution in [2.75, 3.05) is 19.8 Å². The summed E-state index contributed by atoms with van der Waals surface area (Å²) in [6.07, 6.45) is -3.63. The van der Waals surface area contributed by atoms with E-state index in [0.29, 0.717) is 6.29 Å². The van der Waals surface area contributed by atoms with Gasteiger partial charge in [-0.2, -0.15) is 4.31 Å². The fraction of sp³-hybridized carbons (Fsp3) is 0.667. The van der Waals surface area contributed by atoms with E-state index in [1.807, 2.05) is 0 Å². The van der Waals surface area contributed by atoms with Gasteiger partial charge in [0.25, 0.3) is 0 Å². The van der Waals surface area contributed by atoms with Crippen molar-refractivity contribution in [3.63, 3.8) is 0 Å². The van der Waals surface area contributed by atoms with Crippen molar-refractivity contribution in [3.8, 4) is 0 Å². The molecule has 0 spiro atoms. The predicted molar refractivity (Wildman–Crippen MR) is 100 cm³/mol. The minimum absolute atomic E-state index is 0.365. The average Bonchev–Trinajstić information content (AvgIpc) is 2.61. The lowest BCUT2D eigenvalue weighted by Crippen LogP contribution is -2.60. The molecule has 0 aromatic carbocycles. The molecule has 1 aliphatic rings. The number of rotatable bonds is 10. The predicted octanol–water partition coefficient (Wildman–Crippen LogP) is -1.37. The molecule has 0 aromatic rings. The Hall–Kier alpha value is -0.990. The van der Waals surface area contributed by atoms with Crippen molar-refractivity contribution in [3.05, 3.63) is 12.3 Å². The molecule has 19 heteroatoms. The van der Waals surface area contributed by atoms with Crippen LogP contribution in [0.25, 0.3) is 0 Å². The Morgan fingerprint density at radius 1 is 1.16 bits per heavy atom. The molecule has 180 valence electrons. The van der Waals surface area contributed by atoms with Crippen LogP contribution in [0.3, 0.4) is 0 Å². The highest BCUT2D eigenvalue weighted by Gasteiger charge is 2.44. The summed E-state index contributed by atoms with van der Waals surface area (Å²) in [4.78, 5) is 59.1. The second kappa shape index (κ2) is 11.2. The SMILES string of the molecule is CNC(=O)N(/C=C\C=O)C1COC(CCP(=O)(O)OP(=O)(O)OP(=O)(O)O)C(O)C1O. The number of aldehydes is 1. The van der Waals surface area contributed by atoms with Crippen LogP contribution in [0, 0.1) is 0 Å². The topological polar surface area (TPSA) is 250 Å². The van der Waals surface area contributed by atoms with Crippen molar-refractivity contribution in [1.29, 1.82) is 0 Å². The number of carbonyl (C=O) groups is 2. The first-order chi connectivity index (χ1) is 14.1. The van der Waals surface area contributed by atoms with Gasteiger partial charge in [0.05, 0.1) is 24.9 Å². The smallest absolute Gasteiger partial charge is 0.388 e. The summed E-state index contributed by atoms with van der Waals surface area (Å²) in [5.74, 6) is 0. The van der Waals surface area contributed by atoms with Gasteiger partial charge in [0, 0.05) is 13.2 Å². The molecule has 0 saturated carbocycles. The maximum absolute atomic E-state index is 11.9. The van der Waals surface area contributed by atoms with Gasteiger partial charge in [-0.05, 0) is 12.5 Å². The zero-order chi connectivity index (χ0) is 24.0. The molecule has 1 fully saturated rings. The maximum atomic E-state index is 11.9. The lowest BCUT2D eigenvalue weighted by molar-refractivity contribution is -0.161. The van der Waals surface area contributed by atoms with Crippen LogP contribution in [-0.4, -0.2) is 91.2 Å². The van der Waals surface area contributed by atoms with Gasteiger partial charge in [0.15, 0.2) is 0 Å². The standard InChI is InChI=1S/C12H23N2O14P3/c1-13-12(18)14(4-2-5-15)8-7-26-9(11(17)10(8)16)3-6-29(19,20)27-31(24,25)28-30(21,22)23/h2,4-5,8-11,16-17H,3,6-7H2,1H3,(H,13,18)(H,19,20)(H,24,25)(H2,21,22,23)/b4-2-. The molecule has 1 aliphatic heterocycles. The van der Waals surface area contributed by atoms with Crippen molar-refractivity contribution in [2.45, 2.75) is 30.8 Å². The van der Waals surface area contributed by atoms with E-state index in [1.165, 1.54) is 7.05 Å². The third-order valence-corrected chi connectivity index (χ3v) is 8.22. The van der Waals surface area contributed by atoms with Crippen LogP contribution in [0.2, 0.25) is 0 Å². The second-order valence-electron chi connectivity index (χ2n) is 6.13.